The third-order valence-corrected chi connectivity index (χ3v) is 10.3. The van der Waals surface area contributed by atoms with E-state index < -0.39 is 18.3 Å². The highest BCUT2D eigenvalue weighted by molar-refractivity contribution is 5.67. The summed E-state index contributed by atoms with van der Waals surface area (Å²) in [4.78, 5) is 71.5. The third kappa shape index (κ3) is 241. The van der Waals surface area contributed by atoms with Gasteiger partial charge in [0.05, 0.1) is 77.9 Å². The van der Waals surface area contributed by atoms with Crippen molar-refractivity contribution in [2.45, 2.75) is 343 Å². The summed E-state index contributed by atoms with van der Waals surface area (Å²) in [5, 5.41) is 37.8. The third-order valence-electron chi connectivity index (χ3n) is 10.3. The number of nitrogens with one attached hydrogen (secondary N) is 5. The fraction of sp³-hybridized carbons (Fsp3) is 0.963. The zero-order valence-corrected chi connectivity index (χ0v) is 61.3. The van der Waals surface area contributed by atoms with Crippen molar-refractivity contribution >= 4 is 18.3 Å². The molecule has 0 aromatic carbocycles. The maximum Gasteiger partial charge on any atom is 0.408 e. The zero-order valence-electron chi connectivity index (χ0n) is 61.3. The van der Waals surface area contributed by atoms with Crippen molar-refractivity contribution in [3.63, 3.8) is 0 Å². The van der Waals surface area contributed by atoms with E-state index in [0.29, 0.717) is 92.5 Å². The number of unbranched alkanes of at least 4 members (excludes halogenated alkanes) is 6. The largest absolute Gasteiger partial charge is 0.450 e. The molecule has 0 heterocycles. The second-order valence-corrected chi connectivity index (χ2v) is 18.8. The van der Waals surface area contributed by atoms with Crippen LogP contribution in [0.1, 0.15) is 325 Å². The Bertz CT molecular complexity index is 1230. The normalized spacial score (nSPS) is 9.35. The van der Waals surface area contributed by atoms with E-state index in [4.69, 9.17) is 96.6 Å². The van der Waals surface area contributed by atoms with Crippen LogP contribution >= 0.6 is 0 Å². The van der Waals surface area contributed by atoms with E-state index in [1.54, 1.807) is 21.1 Å². The lowest BCUT2D eigenvalue weighted by Crippen LogP contribution is -2.35. The molecule has 0 aromatic rings. The summed E-state index contributed by atoms with van der Waals surface area (Å²) in [6.07, 6.45) is 16.0. The average molecular weight is 1620 g/mol. The molecule has 109 heavy (non-hydrogen) atoms. The number of aliphatic hydroxyl groups excluding tert-OH is 3. The second-order valence-electron chi connectivity index (χ2n) is 18.8. The summed E-state index contributed by atoms with van der Waals surface area (Å²) in [5.41, 5.74) is 2.78. The molecule has 0 rings (SSSR count). The number of carbonyl (C=O) groups is 2. The maximum absolute atomic E-state index is 10.9. The molecule has 0 bridgehead atoms. The first-order valence-electron chi connectivity index (χ1n) is 34.0. The van der Waals surface area contributed by atoms with E-state index in [2.05, 4.69) is 66.1 Å². The molecule has 696 valence electrons. The Kier molecular flexibility index (Phi) is 313. The van der Waals surface area contributed by atoms with Crippen molar-refractivity contribution in [1.29, 1.82) is 0 Å². The second kappa shape index (κ2) is 192. The summed E-state index contributed by atoms with van der Waals surface area (Å²) in [5.74, 6) is 0. The van der Waals surface area contributed by atoms with Crippen LogP contribution in [0.4, 0.5) is 9.59 Å². The van der Waals surface area contributed by atoms with Gasteiger partial charge >= 0.3 is 18.3 Å². The van der Waals surface area contributed by atoms with Crippen molar-refractivity contribution in [1.82, 2.24) is 26.7 Å². The van der Waals surface area contributed by atoms with Gasteiger partial charge in [0.15, 0.2) is 0 Å². The fourth-order valence-electron chi connectivity index (χ4n) is 4.95. The molecule has 0 aliphatic carbocycles. The van der Waals surface area contributed by atoms with E-state index >= 15 is 0 Å². The molecule has 3 unspecified atom stereocenters. The number of methoxy groups -OCH3 is 2. The number of hydrogen-bond acceptors (Lipinski definition) is 27. The first-order valence-corrected chi connectivity index (χ1v) is 34.0. The standard InChI is InChI=1S/C10H22N2O5.C9H20N2O5.C9H20O2.2C8H18O3.C8H18O2.C6H15NO.C5H12O.CO2.16CH4/c1-3-5-15-10(13)12-8-11-9-17-16-7-6-14-4-2;1-3-13-5-6-15-16-8-10-7-11-9(12)14-4-2;1-3-5-7-11-8-6-9(10)4-2;1-3-10-8-11-7-5-4-6-9-2;1-3-5-6-10-11-7-8(9)4-2;1-3-5-6-8(9)7-10-4-2;1-3-5-6-8-7-4-2;1-3-4-5-6-2;2-1-3;;;;;;;;;;;;;;;;/h11H,3-9H2,1-2H3,(H,12,13);10H,3-8H2,1-2H3,(H,11,12);9-10H,3-8H2,1-2H3;3-8H2,1-2H3;8-9H,3-7H2,1-2H3;8-9H,3-7H2,1-2H3;7H,3-6H2,1-2H3;3-5H2,1-2H3;;16*1H4. The summed E-state index contributed by atoms with van der Waals surface area (Å²) in [6, 6.07) is 0. The smallest absolute Gasteiger partial charge is 0.408 e. The predicted octanol–water partition coefficient (Wildman–Crippen LogP) is 19.7. The minimum absolute atomic E-state index is 0. The van der Waals surface area contributed by atoms with Crippen LogP contribution in [-0.2, 0) is 91.1 Å². The lowest BCUT2D eigenvalue weighted by atomic mass is 10.2. The van der Waals surface area contributed by atoms with Gasteiger partial charge in [-0.05, 0) is 105 Å². The van der Waals surface area contributed by atoms with Crippen LogP contribution in [0, 0.1) is 0 Å². The molecule has 3 atom stereocenters. The van der Waals surface area contributed by atoms with Crippen molar-refractivity contribution in [2.75, 3.05) is 180 Å². The molecule has 0 saturated carbocycles. The highest BCUT2D eigenvalue weighted by Crippen LogP contribution is 2.01. The number of amides is 2. The van der Waals surface area contributed by atoms with Gasteiger partial charge < -0.3 is 78.2 Å². The highest BCUT2D eigenvalue weighted by Gasteiger charge is 2.03. The Labute approximate surface area is 681 Å². The SMILES string of the molecule is C.C.C.C.C.C.C.C.C.C.C.C.C.C.C.C.CCCCC(O)COCC.CCCCOC.CCCCOCCC(O)CC.CCCCONCC.CCCCOOCC(O)CC.CCCOC(=O)NCNCOOCCOCC.CCOCCOOCNCNC(=O)OCC.CCOCOCCCCOC.O=C=O. The van der Waals surface area contributed by atoms with Gasteiger partial charge in [0.25, 0.3) is 0 Å². The quantitative estimate of drug-likeness (QED) is 0.0121. The van der Waals surface area contributed by atoms with Crippen molar-refractivity contribution < 1.29 is 116 Å². The molecule has 0 fully saturated rings. The Balaban J connectivity index is -0.0000000317. The summed E-state index contributed by atoms with van der Waals surface area (Å²) < 4.78 is 49.6. The summed E-state index contributed by atoms with van der Waals surface area (Å²) >= 11 is 0. The zero-order chi connectivity index (χ0) is 71.8. The Morgan fingerprint density at radius 2 is 0.734 bits per heavy atom. The summed E-state index contributed by atoms with van der Waals surface area (Å²) in [6.45, 7) is 41.6. The van der Waals surface area contributed by atoms with Gasteiger partial charge in [0, 0.05) is 80.2 Å². The van der Waals surface area contributed by atoms with Gasteiger partial charge in [0.1, 0.15) is 40.1 Å². The van der Waals surface area contributed by atoms with Crippen LogP contribution in [0.5, 0.6) is 0 Å². The lowest BCUT2D eigenvalue weighted by molar-refractivity contribution is -0.305. The molecule has 0 aliphatic heterocycles. The van der Waals surface area contributed by atoms with Crippen LogP contribution < -0.4 is 26.7 Å². The number of carbonyl (C=O) groups excluding carboxylic acids is 4. The Morgan fingerprint density at radius 1 is 0.339 bits per heavy atom. The van der Waals surface area contributed by atoms with Crippen molar-refractivity contribution in [3.8, 4) is 0 Å². The number of ether oxygens (including phenoxy) is 10. The molecule has 0 aliphatic rings. The molecule has 2 amide bonds. The number of hydroxylamine groups is 1. The van der Waals surface area contributed by atoms with Crippen LogP contribution in [0.3, 0.4) is 0 Å². The van der Waals surface area contributed by atoms with Crippen LogP contribution in [0.15, 0.2) is 0 Å². The van der Waals surface area contributed by atoms with Gasteiger partial charge in [-0.1, -0.05) is 220 Å². The lowest BCUT2D eigenvalue weighted by Gasteiger charge is -2.08. The number of alkyl carbamates (subject to hydrolysis) is 2. The van der Waals surface area contributed by atoms with Crippen molar-refractivity contribution in [3.05, 3.63) is 0 Å². The average Bonchev–Trinajstić information content (AvgIpc) is 1.13. The topological polar surface area (TPSA) is 346 Å². The predicted molar refractivity (Wildman–Crippen MR) is 467 cm³/mol. The minimum Gasteiger partial charge on any atom is -0.450 e. The van der Waals surface area contributed by atoms with Gasteiger partial charge in [-0.2, -0.15) is 9.59 Å². The van der Waals surface area contributed by atoms with Gasteiger partial charge in [-0.3, -0.25) is 10.6 Å². The van der Waals surface area contributed by atoms with Crippen LogP contribution in [0.25, 0.3) is 0 Å². The molecule has 0 aromatic heterocycles. The van der Waals surface area contributed by atoms with Crippen LogP contribution in [-0.4, -0.2) is 232 Å². The Hall–Kier alpha value is -2.92. The first kappa shape index (κ1) is 178. The maximum atomic E-state index is 10.9. The molecular formula is C80H207N5O24. The van der Waals surface area contributed by atoms with Crippen LogP contribution in [0.2, 0.25) is 0 Å². The van der Waals surface area contributed by atoms with E-state index in [0.717, 1.165) is 123 Å². The van der Waals surface area contributed by atoms with E-state index in [-0.39, 0.29) is 171 Å². The van der Waals surface area contributed by atoms with Gasteiger partial charge in [0.2, 0.25) is 0 Å². The van der Waals surface area contributed by atoms with Gasteiger partial charge in [-0.25, -0.2) is 44.4 Å². The molecule has 29 heteroatoms. The minimum atomic E-state index is -0.465. The molecule has 29 nitrogen and oxygen atoms in total. The number of hydrogen-bond donors (Lipinski definition) is 8. The van der Waals surface area contributed by atoms with E-state index in [1.807, 2.05) is 55.4 Å². The summed E-state index contributed by atoms with van der Waals surface area (Å²) in [7, 11) is 3.44. The molecule has 8 N–H and O–H groups in total. The van der Waals surface area contributed by atoms with E-state index in [1.165, 1.54) is 25.7 Å². The first-order chi connectivity index (χ1) is 45.2. The molecule has 0 spiro atoms. The monoisotopic (exact) mass is 1620 g/mol. The molecular weight excluding hydrogens is 1410 g/mol. The Morgan fingerprint density at radius 3 is 1.13 bits per heavy atom. The van der Waals surface area contributed by atoms with Crippen molar-refractivity contribution in [2.24, 2.45) is 0 Å². The number of aliphatic hydroxyl groups is 3. The van der Waals surface area contributed by atoms with Gasteiger partial charge in [-0.15, -0.1) is 0 Å². The molecule has 0 radical (unpaired) electrons. The highest BCUT2D eigenvalue weighted by atomic mass is 17.2. The fourth-order valence-corrected chi connectivity index (χ4v) is 4.95. The van der Waals surface area contributed by atoms with E-state index in [9.17, 15) is 14.7 Å². The number of rotatable bonds is 57. The molecule has 0 saturated heterocycles.